The van der Waals surface area contributed by atoms with E-state index < -0.39 is 0 Å². The molecule has 1 saturated carbocycles. The Hall–Kier alpha value is -1.30. The van der Waals surface area contributed by atoms with E-state index >= 15 is 0 Å². The lowest BCUT2D eigenvalue weighted by atomic mass is 10.3. The van der Waals surface area contributed by atoms with Gasteiger partial charge in [-0.1, -0.05) is 0 Å². The van der Waals surface area contributed by atoms with Gasteiger partial charge in [0.1, 0.15) is 5.82 Å². The van der Waals surface area contributed by atoms with Gasteiger partial charge >= 0.3 is 0 Å². The predicted octanol–water partition coefficient (Wildman–Crippen LogP) is 2.44. The minimum atomic E-state index is -0.287. The summed E-state index contributed by atoms with van der Waals surface area (Å²) in [5.74, 6) is 1.03. The van der Waals surface area contributed by atoms with E-state index in [9.17, 15) is 4.39 Å². The average molecular weight is 283 g/mol. The highest BCUT2D eigenvalue weighted by molar-refractivity contribution is 9.10. The van der Waals surface area contributed by atoms with Crippen LogP contribution in [0.3, 0.4) is 0 Å². The van der Waals surface area contributed by atoms with Gasteiger partial charge in [-0.05, 0) is 57.4 Å². The van der Waals surface area contributed by atoms with E-state index in [4.69, 9.17) is 0 Å². The molecule has 1 aromatic carbocycles. The van der Waals surface area contributed by atoms with E-state index in [1.165, 1.54) is 6.07 Å². The van der Waals surface area contributed by atoms with Crippen LogP contribution in [0.2, 0.25) is 0 Å². The molecule has 16 heavy (non-hydrogen) atoms. The fourth-order valence-corrected chi connectivity index (χ4v) is 1.96. The van der Waals surface area contributed by atoms with Gasteiger partial charge in [0.25, 0.3) is 0 Å². The molecule has 4 nitrogen and oxygen atoms in total. The van der Waals surface area contributed by atoms with Crippen LogP contribution in [-0.2, 0) is 0 Å². The topological polar surface area (TPSA) is 43.6 Å². The highest BCUT2D eigenvalue weighted by atomic mass is 79.9. The van der Waals surface area contributed by atoms with Gasteiger partial charge in [-0.25, -0.2) is 4.39 Å². The number of hydrogen-bond acceptors (Lipinski definition) is 3. The molecule has 0 atom stereocenters. The third-order valence-electron chi connectivity index (χ3n) is 2.58. The van der Waals surface area contributed by atoms with E-state index in [0.29, 0.717) is 10.4 Å². The van der Waals surface area contributed by atoms with Gasteiger partial charge in [-0.2, -0.15) is 4.68 Å². The zero-order chi connectivity index (χ0) is 11.1. The monoisotopic (exact) mass is 282 g/mol. The molecule has 0 aliphatic heterocycles. The van der Waals surface area contributed by atoms with Crippen molar-refractivity contribution in [2.75, 3.05) is 0 Å². The molecule has 1 aliphatic rings. The van der Waals surface area contributed by atoms with Gasteiger partial charge < -0.3 is 0 Å². The molecule has 0 N–H and O–H groups in total. The number of halogens is 2. The van der Waals surface area contributed by atoms with Gasteiger partial charge in [0.15, 0.2) is 5.82 Å². The molecule has 0 spiro atoms. The van der Waals surface area contributed by atoms with Gasteiger partial charge in [0, 0.05) is 5.92 Å². The fraction of sp³-hybridized carbons (Fsp3) is 0.300. The Bertz CT molecular complexity index is 535. The maximum Gasteiger partial charge on any atom is 0.159 e. The van der Waals surface area contributed by atoms with Crippen LogP contribution < -0.4 is 0 Å². The van der Waals surface area contributed by atoms with Crippen molar-refractivity contribution in [1.82, 2.24) is 20.2 Å². The largest absolute Gasteiger partial charge is 0.206 e. The Balaban J connectivity index is 2.07. The summed E-state index contributed by atoms with van der Waals surface area (Å²) in [7, 11) is 0. The summed E-state index contributed by atoms with van der Waals surface area (Å²) in [6, 6.07) is 4.75. The number of aromatic nitrogens is 4. The fourth-order valence-electron chi connectivity index (χ4n) is 1.59. The van der Waals surface area contributed by atoms with E-state index in [1.807, 2.05) is 0 Å². The summed E-state index contributed by atoms with van der Waals surface area (Å²) in [6.45, 7) is 0. The predicted molar refractivity (Wildman–Crippen MR) is 58.8 cm³/mol. The normalized spacial score (nSPS) is 15.4. The molecule has 2 aromatic rings. The standard InChI is InChI=1S/C10H8BrFN4/c11-8-5-7(3-4-9(8)12)16-10(6-1-2-6)13-14-15-16/h3-6H,1-2H2. The van der Waals surface area contributed by atoms with Crippen LogP contribution in [-0.4, -0.2) is 20.2 Å². The summed E-state index contributed by atoms with van der Waals surface area (Å²) in [4.78, 5) is 0. The van der Waals surface area contributed by atoms with Crippen molar-refractivity contribution in [3.8, 4) is 5.69 Å². The molecular formula is C10H8BrFN4. The second-order valence-electron chi connectivity index (χ2n) is 3.82. The molecular weight excluding hydrogens is 275 g/mol. The number of benzene rings is 1. The molecule has 1 aliphatic carbocycles. The lowest BCUT2D eigenvalue weighted by Crippen LogP contribution is -2.02. The Morgan fingerprint density at radius 2 is 2.19 bits per heavy atom. The van der Waals surface area contributed by atoms with Crippen molar-refractivity contribution < 1.29 is 4.39 Å². The molecule has 3 rings (SSSR count). The van der Waals surface area contributed by atoms with E-state index in [2.05, 4.69) is 31.5 Å². The SMILES string of the molecule is Fc1ccc(-n2nnnc2C2CC2)cc1Br. The average Bonchev–Trinajstić information content (AvgIpc) is 3.01. The lowest BCUT2D eigenvalue weighted by molar-refractivity contribution is 0.619. The van der Waals surface area contributed by atoms with Crippen molar-refractivity contribution in [2.45, 2.75) is 18.8 Å². The number of tetrazole rings is 1. The van der Waals surface area contributed by atoms with Crippen LogP contribution in [0, 0.1) is 5.82 Å². The first kappa shape index (κ1) is 9.89. The van der Waals surface area contributed by atoms with Crippen LogP contribution in [0.15, 0.2) is 22.7 Å². The third kappa shape index (κ3) is 1.63. The summed E-state index contributed by atoms with van der Waals surface area (Å²) in [5, 5.41) is 11.6. The van der Waals surface area contributed by atoms with E-state index in [0.717, 1.165) is 24.4 Å². The summed E-state index contributed by atoms with van der Waals surface area (Å²) in [6.07, 6.45) is 2.26. The van der Waals surface area contributed by atoms with Gasteiger partial charge in [0.2, 0.25) is 0 Å². The quantitative estimate of drug-likeness (QED) is 0.850. The number of nitrogens with zero attached hydrogens (tertiary/aromatic N) is 4. The number of hydrogen-bond donors (Lipinski definition) is 0. The van der Waals surface area contributed by atoms with Crippen molar-refractivity contribution in [3.05, 3.63) is 34.3 Å². The van der Waals surface area contributed by atoms with Crippen molar-refractivity contribution in [1.29, 1.82) is 0 Å². The molecule has 6 heteroatoms. The number of rotatable bonds is 2. The van der Waals surface area contributed by atoms with Crippen LogP contribution in [0.4, 0.5) is 4.39 Å². The Labute approximate surface area is 99.6 Å². The maximum absolute atomic E-state index is 13.1. The molecule has 82 valence electrons. The second-order valence-corrected chi connectivity index (χ2v) is 4.68. The Morgan fingerprint density at radius 1 is 1.38 bits per heavy atom. The van der Waals surface area contributed by atoms with Crippen LogP contribution in [0.25, 0.3) is 5.69 Å². The third-order valence-corrected chi connectivity index (χ3v) is 3.19. The molecule has 0 bridgehead atoms. The zero-order valence-corrected chi connectivity index (χ0v) is 9.85. The van der Waals surface area contributed by atoms with Crippen molar-refractivity contribution in [3.63, 3.8) is 0 Å². The van der Waals surface area contributed by atoms with Crippen LogP contribution in [0.1, 0.15) is 24.6 Å². The van der Waals surface area contributed by atoms with Gasteiger partial charge in [-0.15, -0.1) is 5.10 Å². The first-order chi connectivity index (χ1) is 7.75. The summed E-state index contributed by atoms with van der Waals surface area (Å²) < 4.78 is 15.2. The van der Waals surface area contributed by atoms with Crippen LogP contribution >= 0.6 is 15.9 Å². The molecule has 0 saturated heterocycles. The molecule has 0 unspecified atom stereocenters. The Kier molecular flexibility index (Phi) is 2.24. The Morgan fingerprint density at radius 3 is 2.88 bits per heavy atom. The lowest BCUT2D eigenvalue weighted by Gasteiger charge is -2.04. The van der Waals surface area contributed by atoms with E-state index in [1.54, 1.807) is 16.8 Å². The first-order valence-electron chi connectivity index (χ1n) is 4.99. The second kappa shape index (κ2) is 3.62. The zero-order valence-electron chi connectivity index (χ0n) is 8.27. The minimum absolute atomic E-state index is 0.287. The molecule has 1 heterocycles. The minimum Gasteiger partial charge on any atom is -0.206 e. The van der Waals surface area contributed by atoms with Crippen molar-refractivity contribution in [2.24, 2.45) is 0 Å². The highest BCUT2D eigenvalue weighted by Gasteiger charge is 2.29. The molecule has 0 radical (unpaired) electrons. The van der Waals surface area contributed by atoms with Crippen molar-refractivity contribution >= 4 is 15.9 Å². The summed E-state index contributed by atoms with van der Waals surface area (Å²) in [5.41, 5.74) is 0.778. The van der Waals surface area contributed by atoms with E-state index in [-0.39, 0.29) is 5.82 Å². The molecule has 1 aromatic heterocycles. The van der Waals surface area contributed by atoms with Gasteiger partial charge in [-0.3, -0.25) is 0 Å². The smallest absolute Gasteiger partial charge is 0.159 e. The maximum atomic E-state index is 13.1. The summed E-state index contributed by atoms with van der Waals surface area (Å²) >= 11 is 3.15. The van der Waals surface area contributed by atoms with Gasteiger partial charge in [0.05, 0.1) is 10.2 Å². The molecule has 1 fully saturated rings. The van der Waals surface area contributed by atoms with Crippen LogP contribution in [0.5, 0.6) is 0 Å². The first-order valence-corrected chi connectivity index (χ1v) is 5.78. The molecule has 0 amide bonds. The highest BCUT2D eigenvalue weighted by Crippen LogP contribution is 2.39.